The van der Waals surface area contributed by atoms with E-state index in [0.29, 0.717) is 25.8 Å². The number of carbonyl (C=O) groups is 5. The summed E-state index contributed by atoms with van der Waals surface area (Å²) in [5.41, 5.74) is 5.05. The molecule has 1 unspecified atom stereocenters. The maximum Gasteiger partial charge on any atom is 0.315 e. The zero-order valence-electron chi connectivity index (χ0n) is 28.8. The van der Waals surface area contributed by atoms with Gasteiger partial charge in [0.1, 0.15) is 17.8 Å². The Balaban J connectivity index is 1.53. The molecular weight excluding hydrogens is 598 g/mol. The SMILES string of the molecule is CC(C)[C@@H]1C[C@@H](C(=O)NC(CC2CCC2)C(=O)C(N)=O)N(C(=O)[C@@H](NC(=O)NC2(Cc3cccc(O)c3)CCCCC2)C(C)(C)C)C1. The lowest BCUT2D eigenvalue weighted by Gasteiger charge is -2.40. The quantitative estimate of drug-likeness (QED) is 0.214. The van der Waals surface area contributed by atoms with Crippen molar-refractivity contribution in [3.8, 4) is 5.75 Å². The van der Waals surface area contributed by atoms with Crippen molar-refractivity contribution >= 4 is 29.5 Å². The van der Waals surface area contributed by atoms with E-state index in [1.165, 1.54) is 0 Å². The van der Waals surface area contributed by atoms with Crippen LogP contribution >= 0.6 is 0 Å². The van der Waals surface area contributed by atoms with E-state index in [-0.39, 0.29) is 29.4 Å². The number of phenols is 1. The molecule has 0 bridgehead atoms. The van der Waals surface area contributed by atoms with Crippen LogP contribution in [0, 0.1) is 23.2 Å². The minimum Gasteiger partial charge on any atom is -0.508 e. The van der Waals surface area contributed by atoms with Crippen LogP contribution in [0.5, 0.6) is 5.75 Å². The molecule has 6 N–H and O–H groups in total. The van der Waals surface area contributed by atoms with Gasteiger partial charge < -0.3 is 31.7 Å². The van der Waals surface area contributed by atoms with Gasteiger partial charge in [-0.1, -0.05) is 85.3 Å². The van der Waals surface area contributed by atoms with Crippen molar-refractivity contribution < 1.29 is 29.1 Å². The Morgan fingerprint density at radius 1 is 1.02 bits per heavy atom. The van der Waals surface area contributed by atoms with Gasteiger partial charge in [-0.05, 0) is 73.0 Å². The summed E-state index contributed by atoms with van der Waals surface area (Å²) in [5, 5.41) is 19.0. The summed E-state index contributed by atoms with van der Waals surface area (Å²) in [4.78, 5) is 68.1. The van der Waals surface area contributed by atoms with Gasteiger partial charge in [0, 0.05) is 12.1 Å². The molecule has 0 aromatic heterocycles. The largest absolute Gasteiger partial charge is 0.508 e. The summed E-state index contributed by atoms with van der Waals surface area (Å²) >= 11 is 0. The number of primary amides is 1. The lowest BCUT2D eigenvalue weighted by molar-refractivity contribution is -0.143. The molecule has 47 heavy (non-hydrogen) atoms. The van der Waals surface area contributed by atoms with Crippen LogP contribution in [0.1, 0.15) is 104 Å². The number of Topliss-reactive ketones (excluding diaryl/α,β-unsaturated/α-hetero) is 1. The van der Waals surface area contributed by atoms with Crippen molar-refractivity contribution in [1.82, 2.24) is 20.9 Å². The molecule has 4 rings (SSSR count). The number of phenolic OH excluding ortho intramolecular Hbond substituents is 1. The van der Waals surface area contributed by atoms with E-state index in [0.717, 1.165) is 56.9 Å². The number of amides is 5. The first-order valence-corrected chi connectivity index (χ1v) is 17.4. The number of benzene rings is 1. The van der Waals surface area contributed by atoms with E-state index < -0.39 is 52.7 Å². The fourth-order valence-electron chi connectivity index (χ4n) is 7.43. The van der Waals surface area contributed by atoms with Gasteiger partial charge in [-0.2, -0.15) is 0 Å². The summed E-state index contributed by atoms with van der Waals surface area (Å²) in [6.07, 6.45) is 8.77. The molecule has 11 nitrogen and oxygen atoms in total. The fourth-order valence-corrected chi connectivity index (χ4v) is 7.43. The van der Waals surface area contributed by atoms with E-state index in [1.807, 2.05) is 40.7 Å². The molecule has 3 fully saturated rings. The monoisotopic (exact) mass is 653 g/mol. The molecule has 0 spiro atoms. The number of hydrogen-bond donors (Lipinski definition) is 5. The highest BCUT2D eigenvalue weighted by atomic mass is 16.3. The van der Waals surface area contributed by atoms with Gasteiger partial charge in [-0.15, -0.1) is 0 Å². The Labute approximate surface area is 279 Å². The number of carbonyl (C=O) groups excluding carboxylic acids is 5. The molecule has 1 aromatic carbocycles. The molecule has 4 atom stereocenters. The molecule has 1 heterocycles. The summed E-state index contributed by atoms with van der Waals surface area (Å²) in [6.45, 7) is 10.1. The number of aromatic hydroxyl groups is 1. The van der Waals surface area contributed by atoms with Crippen LogP contribution in [0.4, 0.5) is 4.79 Å². The first-order chi connectivity index (χ1) is 22.1. The van der Waals surface area contributed by atoms with Gasteiger partial charge in [0.05, 0.1) is 6.04 Å². The second kappa shape index (κ2) is 15.1. The number of ketones is 1. The zero-order chi connectivity index (χ0) is 34.5. The molecule has 5 amide bonds. The van der Waals surface area contributed by atoms with E-state index in [4.69, 9.17) is 5.73 Å². The molecule has 1 aromatic rings. The maximum absolute atomic E-state index is 14.4. The predicted octanol–water partition coefficient (Wildman–Crippen LogP) is 3.95. The van der Waals surface area contributed by atoms with Crippen LogP contribution in [0.3, 0.4) is 0 Å². The van der Waals surface area contributed by atoms with Gasteiger partial charge in [0.25, 0.3) is 5.91 Å². The minimum absolute atomic E-state index is 0.0360. The van der Waals surface area contributed by atoms with Gasteiger partial charge in [0.2, 0.25) is 17.6 Å². The zero-order valence-corrected chi connectivity index (χ0v) is 28.8. The average molecular weight is 654 g/mol. The molecule has 3 aliphatic rings. The molecule has 2 aliphatic carbocycles. The lowest BCUT2D eigenvalue weighted by atomic mass is 9.77. The smallest absolute Gasteiger partial charge is 0.315 e. The molecule has 1 saturated heterocycles. The van der Waals surface area contributed by atoms with Gasteiger partial charge in [-0.3, -0.25) is 19.2 Å². The number of hydrogen-bond acceptors (Lipinski definition) is 6. The number of nitrogens with one attached hydrogen (secondary N) is 3. The van der Waals surface area contributed by atoms with Crippen molar-refractivity contribution in [2.24, 2.45) is 28.9 Å². The normalized spacial score (nSPS) is 22.6. The summed E-state index contributed by atoms with van der Waals surface area (Å²) < 4.78 is 0. The van der Waals surface area contributed by atoms with Crippen molar-refractivity contribution in [1.29, 1.82) is 0 Å². The molecule has 0 radical (unpaired) electrons. The number of nitrogens with zero attached hydrogens (tertiary/aromatic N) is 1. The Bertz CT molecular complexity index is 1310. The Hall–Kier alpha value is -3.63. The van der Waals surface area contributed by atoms with Crippen molar-refractivity contribution in [2.45, 2.75) is 129 Å². The van der Waals surface area contributed by atoms with Crippen LogP contribution < -0.4 is 21.7 Å². The Morgan fingerprint density at radius 3 is 2.26 bits per heavy atom. The number of nitrogens with two attached hydrogens (primary N) is 1. The topological polar surface area (TPSA) is 171 Å². The highest BCUT2D eigenvalue weighted by molar-refractivity contribution is 6.37. The summed E-state index contributed by atoms with van der Waals surface area (Å²) in [6, 6.07) is 3.80. The summed E-state index contributed by atoms with van der Waals surface area (Å²) in [7, 11) is 0. The third-order valence-electron chi connectivity index (χ3n) is 10.6. The van der Waals surface area contributed by atoms with Crippen molar-refractivity contribution in [3.05, 3.63) is 29.8 Å². The number of likely N-dealkylation sites (tertiary alicyclic amines) is 1. The highest BCUT2D eigenvalue weighted by Crippen LogP contribution is 2.35. The molecular formula is C36H55N5O6. The second-order valence-electron chi connectivity index (χ2n) is 15.7. The first kappa shape index (κ1) is 36.2. The summed E-state index contributed by atoms with van der Waals surface area (Å²) in [5.74, 6) is -2.12. The Kier molecular flexibility index (Phi) is 11.6. The molecule has 11 heteroatoms. The third-order valence-corrected chi connectivity index (χ3v) is 10.6. The van der Waals surface area contributed by atoms with E-state index in [2.05, 4.69) is 16.0 Å². The standard InChI is InChI=1S/C36H55N5O6/c1-22(2)25-19-28(32(45)38-27(29(43)31(37)44)18-23-11-9-12-23)41(21-25)33(46)30(35(3,4)5)39-34(47)40-36(15-7-6-8-16-36)20-24-13-10-14-26(42)17-24/h10,13-14,17,22-23,25,27-28,30,42H,6-9,11-12,15-16,18-21H2,1-5H3,(H2,37,44)(H,38,45)(H2,39,40,47)/t25-,27?,28+,30-/m1/s1. The van der Waals surface area contributed by atoms with Gasteiger partial charge >= 0.3 is 6.03 Å². The van der Waals surface area contributed by atoms with Crippen LogP contribution in [-0.2, 0) is 25.6 Å². The maximum atomic E-state index is 14.4. The van der Waals surface area contributed by atoms with Gasteiger partial charge in [-0.25, -0.2) is 4.79 Å². The van der Waals surface area contributed by atoms with Gasteiger partial charge in [0.15, 0.2) is 0 Å². The third kappa shape index (κ3) is 9.26. The average Bonchev–Trinajstić information content (AvgIpc) is 3.42. The van der Waals surface area contributed by atoms with E-state index >= 15 is 0 Å². The fraction of sp³-hybridized carbons (Fsp3) is 0.694. The minimum atomic E-state index is -1.09. The van der Waals surface area contributed by atoms with Crippen molar-refractivity contribution in [2.75, 3.05) is 6.54 Å². The molecule has 260 valence electrons. The first-order valence-electron chi connectivity index (χ1n) is 17.4. The Morgan fingerprint density at radius 2 is 1.70 bits per heavy atom. The van der Waals surface area contributed by atoms with Crippen LogP contribution in [0.2, 0.25) is 0 Å². The van der Waals surface area contributed by atoms with E-state index in [9.17, 15) is 29.1 Å². The van der Waals surface area contributed by atoms with Crippen LogP contribution in [0.15, 0.2) is 24.3 Å². The number of rotatable bonds is 12. The lowest BCUT2D eigenvalue weighted by Crippen LogP contribution is -2.62. The van der Waals surface area contributed by atoms with Crippen LogP contribution in [-0.4, -0.2) is 69.8 Å². The second-order valence-corrected chi connectivity index (χ2v) is 15.7. The predicted molar refractivity (Wildman–Crippen MR) is 179 cm³/mol. The highest BCUT2D eigenvalue weighted by Gasteiger charge is 2.47. The van der Waals surface area contributed by atoms with Crippen molar-refractivity contribution in [3.63, 3.8) is 0 Å². The molecule has 1 aliphatic heterocycles. The van der Waals surface area contributed by atoms with Crippen LogP contribution in [0.25, 0.3) is 0 Å². The van der Waals surface area contributed by atoms with E-state index in [1.54, 1.807) is 23.1 Å². The molecule has 2 saturated carbocycles. The number of urea groups is 1.